The summed E-state index contributed by atoms with van der Waals surface area (Å²) in [5, 5.41) is 5.98. The molecule has 0 aliphatic carbocycles. The summed E-state index contributed by atoms with van der Waals surface area (Å²) in [4.78, 5) is 21.1. The predicted molar refractivity (Wildman–Crippen MR) is 95.2 cm³/mol. The molecule has 7 nitrogen and oxygen atoms in total. The van der Waals surface area contributed by atoms with Crippen LogP contribution in [0.25, 0.3) is 0 Å². The number of amides is 1. The van der Waals surface area contributed by atoms with E-state index in [0.717, 1.165) is 30.9 Å². The van der Waals surface area contributed by atoms with Crippen molar-refractivity contribution < 1.29 is 14.3 Å². The monoisotopic (exact) mass is 342 g/mol. The molecule has 25 heavy (non-hydrogen) atoms. The van der Waals surface area contributed by atoms with Crippen molar-refractivity contribution in [1.29, 1.82) is 0 Å². The Kier molecular flexibility index (Phi) is 5.45. The predicted octanol–water partition coefficient (Wildman–Crippen LogP) is 2.64. The Hall–Kier alpha value is -2.67. The van der Waals surface area contributed by atoms with E-state index in [-0.39, 0.29) is 12.0 Å². The van der Waals surface area contributed by atoms with E-state index in [0.29, 0.717) is 23.9 Å². The topological polar surface area (TPSA) is 85.4 Å². The maximum absolute atomic E-state index is 12.4. The van der Waals surface area contributed by atoms with E-state index in [1.807, 2.05) is 6.92 Å². The molecule has 2 heterocycles. The molecule has 0 saturated carbocycles. The van der Waals surface area contributed by atoms with Gasteiger partial charge < -0.3 is 20.1 Å². The second-order valence-corrected chi connectivity index (χ2v) is 5.92. The number of benzene rings is 1. The molecule has 0 radical (unpaired) electrons. The van der Waals surface area contributed by atoms with Crippen LogP contribution in [0.15, 0.2) is 30.3 Å². The number of hydrogen-bond donors (Lipinski definition) is 2. The molecule has 1 saturated heterocycles. The van der Waals surface area contributed by atoms with Gasteiger partial charge in [-0.25, -0.2) is 9.97 Å². The summed E-state index contributed by atoms with van der Waals surface area (Å²) in [6.45, 7) is 3.28. The molecule has 1 aliphatic rings. The first-order valence-corrected chi connectivity index (χ1v) is 8.30. The zero-order valence-corrected chi connectivity index (χ0v) is 14.4. The van der Waals surface area contributed by atoms with Gasteiger partial charge in [0.1, 0.15) is 11.4 Å². The summed E-state index contributed by atoms with van der Waals surface area (Å²) in [6.07, 6.45) is 2.29. The quantitative estimate of drug-likeness (QED) is 0.839. The average molecular weight is 342 g/mol. The third kappa shape index (κ3) is 4.67. The van der Waals surface area contributed by atoms with Crippen molar-refractivity contribution in [1.82, 2.24) is 9.97 Å². The van der Waals surface area contributed by atoms with Crippen LogP contribution in [0.1, 0.15) is 29.0 Å². The largest absolute Gasteiger partial charge is 0.497 e. The van der Waals surface area contributed by atoms with E-state index in [1.54, 1.807) is 37.4 Å². The second kappa shape index (κ2) is 7.94. The first kappa shape index (κ1) is 17.2. The van der Waals surface area contributed by atoms with Gasteiger partial charge in [0, 0.05) is 24.5 Å². The van der Waals surface area contributed by atoms with E-state index in [2.05, 4.69) is 20.6 Å². The van der Waals surface area contributed by atoms with Crippen LogP contribution in [0.2, 0.25) is 0 Å². The number of anilines is 2. The minimum absolute atomic E-state index is 0.181. The number of nitrogens with zero attached hydrogens (tertiary/aromatic N) is 2. The molecule has 132 valence electrons. The summed E-state index contributed by atoms with van der Waals surface area (Å²) >= 11 is 0. The Bertz CT molecular complexity index is 728. The Morgan fingerprint density at radius 1 is 1.32 bits per heavy atom. The molecule has 1 aliphatic heterocycles. The zero-order valence-electron chi connectivity index (χ0n) is 14.4. The minimum Gasteiger partial charge on any atom is -0.497 e. The van der Waals surface area contributed by atoms with Gasteiger partial charge in [0.05, 0.1) is 13.2 Å². The average Bonchev–Trinajstić information content (AvgIpc) is 3.14. The molecule has 7 heteroatoms. The number of aromatic nitrogens is 2. The van der Waals surface area contributed by atoms with Gasteiger partial charge in [-0.1, -0.05) is 0 Å². The minimum atomic E-state index is -0.282. The summed E-state index contributed by atoms with van der Waals surface area (Å²) in [6, 6.07) is 8.80. The maximum Gasteiger partial charge on any atom is 0.274 e. The highest BCUT2D eigenvalue weighted by molar-refractivity contribution is 6.03. The Labute approximate surface area is 146 Å². The van der Waals surface area contributed by atoms with Gasteiger partial charge in [-0.2, -0.15) is 0 Å². The standard InChI is InChI=1S/C18H22N4O3/c1-12-10-16(17(23)21-13-5-7-14(24-2)8-6-13)22-18(20-12)19-11-15-4-3-9-25-15/h5-8,10,15H,3-4,9,11H2,1-2H3,(H,21,23)(H,19,20,22). The van der Waals surface area contributed by atoms with E-state index >= 15 is 0 Å². The molecular weight excluding hydrogens is 320 g/mol. The van der Waals surface area contributed by atoms with Gasteiger partial charge in [-0.3, -0.25) is 4.79 Å². The molecule has 1 atom stereocenters. The van der Waals surface area contributed by atoms with E-state index < -0.39 is 0 Å². The van der Waals surface area contributed by atoms with Crippen LogP contribution in [-0.4, -0.2) is 42.2 Å². The van der Waals surface area contributed by atoms with E-state index in [4.69, 9.17) is 9.47 Å². The molecule has 0 spiro atoms. The summed E-state index contributed by atoms with van der Waals surface area (Å²) in [5.41, 5.74) is 1.72. The molecule has 2 N–H and O–H groups in total. The van der Waals surface area contributed by atoms with Gasteiger partial charge in [0.25, 0.3) is 5.91 Å². The van der Waals surface area contributed by atoms with Crippen LogP contribution in [0.5, 0.6) is 5.75 Å². The van der Waals surface area contributed by atoms with Crippen molar-refractivity contribution in [3.8, 4) is 5.75 Å². The van der Waals surface area contributed by atoms with Crippen molar-refractivity contribution in [2.24, 2.45) is 0 Å². The molecule has 1 unspecified atom stereocenters. The number of aryl methyl sites for hydroxylation is 1. The third-order valence-corrected chi connectivity index (χ3v) is 3.95. The molecule has 3 rings (SSSR count). The van der Waals surface area contributed by atoms with Crippen molar-refractivity contribution in [3.63, 3.8) is 0 Å². The van der Waals surface area contributed by atoms with Gasteiger partial charge >= 0.3 is 0 Å². The lowest BCUT2D eigenvalue weighted by Crippen LogP contribution is -2.21. The van der Waals surface area contributed by atoms with Crippen LogP contribution >= 0.6 is 0 Å². The van der Waals surface area contributed by atoms with Gasteiger partial charge in [-0.05, 0) is 50.1 Å². The lowest BCUT2D eigenvalue weighted by molar-refractivity contribution is 0.102. The van der Waals surface area contributed by atoms with Crippen LogP contribution in [-0.2, 0) is 4.74 Å². The number of carbonyl (C=O) groups excluding carboxylic acids is 1. The number of ether oxygens (including phenoxy) is 2. The van der Waals surface area contributed by atoms with Gasteiger partial charge in [-0.15, -0.1) is 0 Å². The lowest BCUT2D eigenvalue weighted by atomic mass is 10.2. The molecule has 1 amide bonds. The summed E-state index contributed by atoms with van der Waals surface area (Å²) < 4.78 is 10.7. The number of nitrogens with one attached hydrogen (secondary N) is 2. The first-order chi connectivity index (χ1) is 12.1. The number of rotatable bonds is 6. The smallest absolute Gasteiger partial charge is 0.274 e. The molecular formula is C18H22N4O3. The molecule has 1 fully saturated rings. The van der Waals surface area contributed by atoms with Crippen LogP contribution in [0.3, 0.4) is 0 Å². The Morgan fingerprint density at radius 2 is 2.12 bits per heavy atom. The number of methoxy groups -OCH3 is 1. The molecule has 1 aromatic heterocycles. The second-order valence-electron chi connectivity index (χ2n) is 5.92. The zero-order chi connectivity index (χ0) is 17.6. The number of hydrogen-bond acceptors (Lipinski definition) is 6. The summed E-state index contributed by atoms with van der Waals surface area (Å²) in [7, 11) is 1.60. The highest BCUT2D eigenvalue weighted by Crippen LogP contribution is 2.16. The highest BCUT2D eigenvalue weighted by Gasteiger charge is 2.16. The van der Waals surface area contributed by atoms with Gasteiger partial charge in [0.2, 0.25) is 5.95 Å². The van der Waals surface area contributed by atoms with Gasteiger partial charge in [0.15, 0.2) is 0 Å². The van der Waals surface area contributed by atoms with Crippen molar-refractivity contribution >= 4 is 17.5 Å². The first-order valence-electron chi connectivity index (χ1n) is 8.30. The normalized spacial score (nSPS) is 16.5. The molecule has 0 bridgehead atoms. The lowest BCUT2D eigenvalue weighted by Gasteiger charge is -2.12. The maximum atomic E-state index is 12.4. The summed E-state index contributed by atoms with van der Waals surface area (Å²) in [5.74, 6) is 0.891. The molecule has 2 aromatic rings. The fraction of sp³-hybridized carbons (Fsp3) is 0.389. The SMILES string of the molecule is COc1ccc(NC(=O)c2cc(C)nc(NCC3CCCO3)n2)cc1. The van der Waals surface area contributed by atoms with Crippen LogP contribution in [0, 0.1) is 6.92 Å². The number of carbonyl (C=O) groups is 1. The highest BCUT2D eigenvalue weighted by atomic mass is 16.5. The Balaban J connectivity index is 1.66. The van der Waals surface area contributed by atoms with E-state index in [1.165, 1.54) is 0 Å². The molecule has 1 aromatic carbocycles. The fourth-order valence-electron chi connectivity index (χ4n) is 2.64. The Morgan fingerprint density at radius 3 is 2.80 bits per heavy atom. The van der Waals surface area contributed by atoms with Crippen molar-refractivity contribution in [3.05, 3.63) is 41.7 Å². The van der Waals surface area contributed by atoms with Crippen molar-refractivity contribution in [2.75, 3.05) is 30.9 Å². The van der Waals surface area contributed by atoms with Crippen molar-refractivity contribution in [2.45, 2.75) is 25.9 Å². The van der Waals surface area contributed by atoms with Crippen LogP contribution < -0.4 is 15.4 Å². The fourth-order valence-corrected chi connectivity index (χ4v) is 2.64. The van der Waals surface area contributed by atoms with E-state index in [9.17, 15) is 4.79 Å². The third-order valence-electron chi connectivity index (χ3n) is 3.95. The van der Waals surface area contributed by atoms with Crippen LogP contribution in [0.4, 0.5) is 11.6 Å².